The average Bonchev–Trinajstić information content (AvgIpc) is 2.47. The van der Waals surface area contributed by atoms with Gasteiger partial charge in [0.05, 0.1) is 11.3 Å². The van der Waals surface area contributed by atoms with Crippen molar-refractivity contribution in [3.8, 4) is 11.8 Å². The number of anilines is 1. The summed E-state index contributed by atoms with van der Waals surface area (Å²) >= 11 is 5.98. The zero-order valence-electron chi connectivity index (χ0n) is 10.9. The van der Waals surface area contributed by atoms with Crippen LogP contribution < -0.4 is 11.3 Å². The van der Waals surface area contributed by atoms with Crippen LogP contribution in [0.15, 0.2) is 53.3 Å². The maximum atomic E-state index is 12.7. The summed E-state index contributed by atoms with van der Waals surface area (Å²) < 4.78 is 1.31. The van der Waals surface area contributed by atoms with Gasteiger partial charge >= 0.3 is 0 Å². The van der Waals surface area contributed by atoms with E-state index < -0.39 is 0 Å². The summed E-state index contributed by atoms with van der Waals surface area (Å²) in [6.45, 7) is 0. The molecule has 1 aromatic heterocycles. The molecule has 3 rings (SSSR count). The topological polar surface area (TPSA) is 71.8 Å². The Kier molecular flexibility index (Phi) is 3.13. The molecule has 2 N–H and O–H groups in total. The van der Waals surface area contributed by atoms with E-state index in [1.54, 1.807) is 36.4 Å². The molecule has 0 saturated heterocycles. The van der Waals surface area contributed by atoms with Gasteiger partial charge in [-0.2, -0.15) is 5.26 Å². The first-order valence-electron chi connectivity index (χ1n) is 6.22. The summed E-state index contributed by atoms with van der Waals surface area (Å²) in [4.78, 5) is 12.7. The Morgan fingerprint density at radius 1 is 1.14 bits per heavy atom. The first-order valence-corrected chi connectivity index (χ1v) is 6.60. The molecule has 0 saturated carbocycles. The molecule has 0 spiro atoms. The van der Waals surface area contributed by atoms with E-state index in [0.29, 0.717) is 21.7 Å². The number of nitrogens with two attached hydrogens (primary N) is 1. The standard InChI is InChI=1S/C16H10ClN3O/c17-12-6-5-11(9-18)14(8-12)20-15(19)7-10-3-1-2-4-13(10)16(20)21/h1-8H,19H2. The molecular formula is C16H10ClN3O. The summed E-state index contributed by atoms with van der Waals surface area (Å²) in [5.41, 5.74) is 6.45. The molecule has 0 atom stereocenters. The van der Waals surface area contributed by atoms with Crippen LogP contribution in [0.1, 0.15) is 5.56 Å². The number of rotatable bonds is 1. The highest BCUT2D eigenvalue weighted by Crippen LogP contribution is 2.22. The number of nitriles is 1. The zero-order valence-corrected chi connectivity index (χ0v) is 11.6. The normalized spacial score (nSPS) is 10.5. The highest BCUT2D eigenvalue weighted by atomic mass is 35.5. The van der Waals surface area contributed by atoms with Crippen molar-refractivity contribution in [3.63, 3.8) is 0 Å². The number of aromatic nitrogens is 1. The molecule has 0 aliphatic rings. The molecule has 5 heteroatoms. The van der Waals surface area contributed by atoms with Gasteiger partial charge in [0.15, 0.2) is 0 Å². The van der Waals surface area contributed by atoms with Crippen LogP contribution in [0.3, 0.4) is 0 Å². The van der Waals surface area contributed by atoms with Gasteiger partial charge in [-0.1, -0.05) is 29.8 Å². The molecule has 1 heterocycles. The van der Waals surface area contributed by atoms with Crippen LogP contribution in [0, 0.1) is 11.3 Å². The maximum absolute atomic E-state index is 12.7. The van der Waals surface area contributed by atoms with Crippen molar-refractivity contribution < 1.29 is 0 Å². The van der Waals surface area contributed by atoms with Gasteiger partial charge in [0.25, 0.3) is 5.56 Å². The van der Waals surface area contributed by atoms with Crippen LogP contribution in [0.4, 0.5) is 5.82 Å². The number of hydrogen-bond acceptors (Lipinski definition) is 3. The lowest BCUT2D eigenvalue weighted by atomic mass is 10.1. The second kappa shape index (κ2) is 4.97. The van der Waals surface area contributed by atoms with Gasteiger partial charge in [0.2, 0.25) is 0 Å². The Hall–Kier alpha value is -2.77. The molecule has 4 nitrogen and oxygen atoms in total. The van der Waals surface area contributed by atoms with Crippen molar-refractivity contribution in [3.05, 3.63) is 69.5 Å². The van der Waals surface area contributed by atoms with E-state index in [9.17, 15) is 10.1 Å². The third-order valence-corrected chi connectivity index (χ3v) is 3.51. The lowest BCUT2D eigenvalue weighted by molar-refractivity contribution is 1.02. The van der Waals surface area contributed by atoms with Crippen molar-refractivity contribution >= 4 is 28.2 Å². The number of fused-ring (bicyclic) bond motifs is 1. The zero-order chi connectivity index (χ0) is 15.0. The minimum absolute atomic E-state index is 0.262. The molecule has 2 aromatic carbocycles. The molecule has 0 aliphatic heterocycles. The van der Waals surface area contributed by atoms with Gasteiger partial charge in [-0.25, -0.2) is 0 Å². The summed E-state index contributed by atoms with van der Waals surface area (Å²) in [7, 11) is 0. The van der Waals surface area contributed by atoms with Gasteiger partial charge in [-0.05, 0) is 35.7 Å². The van der Waals surface area contributed by atoms with Crippen molar-refractivity contribution in [2.45, 2.75) is 0 Å². The van der Waals surface area contributed by atoms with E-state index in [1.165, 1.54) is 4.57 Å². The molecule has 0 bridgehead atoms. The molecule has 0 aliphatic carbocycles. The van der Waals surface area contributed by atoms with Gasteiger partial charge in [-0.15, -0.1) is 0 Å². The molecule has 21 heavy (non-hydrogen) atoms. The molecule has 102 valence electrons. The molecular weight excluding hydrogens is 286 g/mol. The molecule has 0 radical (unpaired) electrons. The predicted molar refractivity (Wildman–Crippen MR) is 83.7 cm³/mol. The fourth-order valence-corrected chi connectivity index (χ4v) is 2.48. The van der Waals surface area contributed by atoms with Crippen LogP contribution in [-0.2, 0) is 0 Å². The number of hydrogen-bond donors (Lipinski definition) is 1. The highest BCUT2D eigenvalue weighted by molar-refractivity contribution is 6.30. The van der Waals surface area contributed by atoms with Gasteiger partial charge in [0.1, 0.15) is 11.9 Å². The SMILES string of the molecule is N#Cc1ccc(Cl)cc1-n1c(N)cc2ccccc2c1=O. The predicted octanol–water partition coefficient (Wildman–Crippen LogP) is 3.10. The third-order valence-electron chi connectivity index (χ3n) is 3.28. The Bertz CT molecular complexity index is 954. The van der Waals surface area contributed by atoms with E-state index in [2.05, 4.69) is 0 Å². The number of benzene rings is 2. The molecule has 0 fully saturated rings. The Morgan fingerprint density at radius 2 is 1.90 bits per heavy atom. The fraction of sp³-hybridized carbons (Fsp3) is 0. The fourth-order valence-electron chi connectivity index (χ4n) is 2.31. The van der Waals surface area contributed by atoms with E-state index >= 15 is 0 Å². The van der Waals surface area contributed by atoms with Gasteiger partial charge in [-0.3, -0.25) is 9.36 Å². The lowest BCUT2D eigenvalue weighted by Gasteiger charge is -2.13. The second-order valence-electron chi connectivity index (χ2n) is 4.57. The van der Waals surface area contributed by atoms with Crippen molar-refractivity contribution in [2.75, 3.05) is 5.73 Å². The second-order valence-corrected chi connectivity index (χ2v) is 5.01. The highest BCUT2D eigenvalue weighted by Gasteiger charge is 2.12. The van der Waals surface area contributed by atoms with Crippen molar-refractivity contribution in [2.24, 2.45) is 0 Å². The van der Waals surface area contributed by atoms with Crippen LogP contribution in [-0.4, -0.2) is 4.57 Å². The van der Waals surface area contributed by atoms with Crippen LogP contribution in [0.5, 0.6) is 0 Å². The molecule has 0 unspecified atom stereocenters. The smallest absolute Gasteiger partial charge is 0.264 e. The number of pyridine rings is 1. The number of nitrogens with zero attached hydrogens (tertiary/aromatic N) is 2. The van der Waals surface area contributed by atoms with E-state index in [4.69, 9.17) is 17.3 Å². The molecule has 3 aromatic rings. The third kappa shape index (κ3) is 2.14. The Labute approximate surface area is 125 Å². The number of nitrogen functional groups attached to an aromatic ring is 1. The summed E-state index contributed by atoms with van der Waals surface area (Å²) in [5, 5.41) is 10.9. The first-order chi connectivity index (χ1) is 10.1. The molecule has 0 amide bonds. The Morgan fingerprint density at radius 3 is 2.67 bits per heavy atom. The van der Waals surface area contributed by atoms with Crippen molar-refractivity contribution in [1.29, 1.82) is 5.26 Å². The number of halogens is 1. The van der Waals surface area contributed by atoms with E-state index in [-0.39, 0.29) is 11.4 Å². The maximum Gasteiger partial charge on any atom is 0.264 e. The lowest BCUT2D eigenvalue weighted by Crippen LogP contribution is -2.22. The summed E-state index contributed by atoms with van der Waals surface area (Å²) in [6, 6.07) is 15.7. The van der Waals surface area contributed by atoms with Gasteiger partial charge < -0.3 is 5.73 Å². The average molecular weight is 296 g/mol. The minimum Gasteiger partial charge on any atom is -0.385 e. The van der Waals surface area contributed by atoms with Gasteiger partial charge in [0, 0.05) is 10.4 Å². The van der Waals surface area contributed by atoms with Crippen LogP contribution in [0.2, 0.25) is 5.02 Å². The largest absolute Gasteiger partial charge is 0.385 e. The quantitative estimate of drug-likeness (QED) is 0.750. The van der Waals surface area contributed by atoms with E-state index in [0.717, 1.165) is 5.39 Å². The monoisotopic (exact) mass is 295 g/mol. The van der Waals surface area contributed by atoms with Crippen LogP contribution in [0.25, 0.3) is 16.5 Å². The van der Waals surface area contributed by atoms with E-state index in [1.807, 2.05) is 18.2 Å². The first kappa shape index (κ1) is 13.2. The summed E-state index contributed by atoms with van der Waals surface area (Å²) in [5.74, 6) is 0.262. The Balaban J connectivity index is 2.44. The summed E-state index contributed by atoms with van der Waals surface area (Å²) in [6.07, 6.45) is 0. The minimum atomic E-state index is -0.274. The van der Waals surface area contributed by atoms with Crippen LogP contribution >= 0.6 is 11.6 Å². The van der Waals surface area contributed by atoms with Crippen molar-refractivity contribution in [1.82, 2.24) is 4.57 Å².